The van der Waals surface area contributed by atoms with Crippen molar-refractivity contribution in [3.8, 4) is 0 Å². The van der Waals surface area contributed by atoms with Crippen molar-refractivity contribution in [1.29, 1.82) is 0 Å². The molecule has 1 aliphatic rings. The van der Waals surface area contributed by atoms with Crippen LogP contribution in [-0.2, 0) is 9.59 Å². The molecule has 0 aromatic heterocycles. The van der Waals surface area contributed by atoms with E-state index >= 15 is 0 Å². The molecule has 1 amide bonds. The number of thioether (sulfide) groups is 1. The molecule has 23 heavy (non-hydrogen) atoms. The Balaban J connectivity index is 2.28. The van der Waals surface area contributed by atoms with Gasteiger partial charge in [-0.2, -0.15) is 0 Å². The Bertz CT molecular complexity index is 670. The maximum atomic E-state index is 12.9. The van der Waals surface area contributed by atoms with Crippen LogP contribution in [0.3, 0.4) is 0 Å². The number of carbonyl (C=O) groups excluding carboxylic acids is 1. The number of halogens is 1. The normalized spacial score (nSPS) is 18.1. The van der Waals surface area contributed by atoms with Crippen molar-refractivity contribution in [3.05, 3.63) is 40.6 Å². The summed E-state index contributed by atoms with van der Waals surface area (Å²) in [6, 6.07) is 4.72. The average Bonchev–Trinajstić information content (AvgIpc) is 2.73. The maximum Gasteiger partial charge on any atom is 0.326 e. The quantitative estimate of drug-likeness (QED) is 0.648. The Hall–Kier alpha value is -1.73. The van der Waals surface area contributed by atoms with Crippen LogP contribution in [0.25, 0.3) is 6.08 Å². The van der Waals surface area contributed by atoms with Gasteiger partial charge in [0.2, 0.25) is 0 Å². The van der Waals surface area contributed by atoms with E-state index in [-0.39, 0.29) is 16.1 Å². The van der Waals surface area contributed by atoms with Crippen molar-refractivity contribution in [2.45, 2.75) is 26.3 Å². The van der Waals surface area contributed by atoms with Crippen LogP contribution in [0.1, 0.15) is 25.8 Å². The molecule has 1 N–H and O–H groups in total. The first-order valence-corrected chi connectivity index (χ1v) is 8.27. The molecule has 1 aliphatic heterocycles. The number of aliphatic carboxylic acids is 1. The lowest BCUT2D eigenvalue weighted by molar-refractivity contribution is -0.145. The van der Waals surface area contributed by atoms with Crippen molar-refractivity contribution < 1.29 is 19.1 Å². The van der Waals surface area contributed by atoms with Crippen molar-refractivity contribution in [2.24, 2.45) is 5.92 Å². The highest BCUT2D eigenvalue weighted by Crippen LogP contribution is 2.35. The Morgan fingerprint density at radius 3 is 2.52 bits per heavy atom. The highest BCUT2D eigenvalue weighted by atomic mass is 32.2. The van der Waals surface area contributed by atoms with Crippen molar-refractivity contribution in [3.63, 3.8) is 0 Å². The van der Waals surface area contributed by atoms with Gasteiger partial charge in [-0.15, -0.1) is 0 Å². The molecule has 7 heteroatoms. The van der Waals surface area contributed by atoms with Crippen molar-refractivity contribution in [2.75, 3.05) is 0 Å². The SMILES string of the molecule is CC(C)CC(C(=O)O)N1C(=O)C(=Cc2ccc(F)cc2)SC1=S. The number of carboxylic acids is 1. The molecular weight excluding hydrogens is 337 g/mol. The maximum absolute atomic E-state index is 12.9. The summed E-state index contributed by atoms with van der Waals surface area (Å²) in [6.07, 6.45) is 1.92. The monoisotopic (exact) mass is 353 g/mol. The summed E-state index contributed by atoms with van der Waals surface area (Å²) < 4.78 is 13.2. The van der Waals surface area contributed by atoms with Gasteiger partial charge >= 0.3 is 5.97 Å². The molecule has 1 aromatic rings. The first kappa shape index (κ1) is 17.6. The Labute approximate surface area is 143 Å². The van der Waals surface area contributed by atoms with Gasteiger partial charge in [0.05, 0.1) is 4.91 Å². The summed E-state index contributed by atoms with van der Waals surface area (Å²) >= 11 is 6.25. The minimum absolute atomic E-state index is 0.113. The molecule has 122 valence electrons. The zero-order valence-electron chi connectivity index (χ0n) is 12.7. The van der Waals surface area contributed by atoms with E-state index in [2.05, 4.69) is 0 Å². The Kier molecular flexibility index (Phi) is 5.54. The van der Waals surface area contributed by atoms with E-state index in [1.54, 1.807) is 18.2 Å². The second-order valence-electron chi connectivity index (χ2n) is 5.59. The van der Waals surface area contributed by atoms with Gasteiger partial charge in [-0.05, 0) is 36.1 Å². The van der Waals surface area contributed by atoms with E-state index in [9.17, 15) is 19.1 Å². The minimum Gasteiger partial charge on any atom is -0.480 e. The summed E-state index contributed by atoms with van der Waals surface area (Å²) in [5, 5.41) is 9.40. The molecule has 0 radical (unpaired) electrons. The number of benzene rings is 1. The van der Waals surface area contributed by atoms with E-state index in [0.29, 0.717) is 16.9 Å². The highest BCUT2D eigenvalue weighted by molar-refractivity contribution is 8.26. The molecule has 0 aliphatic carbocycles. The lowest BCUT2D eigenvalue weighted by Gasteiger charge is -2.24. The van der Waals surface area contributed by atoms with Gasteiger partial charge in [0, 0.05) is 0 Å². The Morgan fingerprint density at radius 1 is 1.39 bits per heavy atom. The second-order valence-corrected chi connectivity index (χ2v) is 7.26. The number of thiocarbonyl (C=S) groups is 1. The first-order valence-electron chi connectivity index (χ1n) is 7.05. The van der Waals surface area contributed by atoms with Crippen molar-refractivity contribution >= 4 is 46.3 Å². The van der Waals surface area contributed by atoms with Crippen LogP contribution in [0.4, 0.5) is 4.39 Å². The fourth-order valence-corrected chi connectivity index (χ4v) is 3.58. The molecule has 0 bridgehead atoms. The van der Waals surface area contributed by atoms with Gasteiger partial charge < -0.3 is 5.11 Å². The molecule has 1 unspecified atom stereocenters. The van der Waals surface area contributed by atoms with E-state index in [1.165, 1.54) is 12.1 Å². The van der Waals surface area contributed by atoms with Gasteiger partial charge in [-0.3, -0.25) is 9.69 Å². The summed E-state index contributed by atoms with van der Waals surface area (Å²) in [4.78, 5) is 25.5. The van der Waals surface area contributed by atoms with Crippen LogP contribution in [-0.4, -0.2) is 32.2 Å². The third-order valence-corrected chi connectivity index (χ3v) is 4.61. The third-order valence-electron chi connectivity index (χ3n) is 3.28. The standard InChI is InChI=1S/C16H16FNO3S2/c1-9(2)7-12(15(20)21)18-14(19)13(23-16(18)22)8-10-3-5-11(17)6-4-10/h3-6,8-9,12H,7H2,1-2H3,(H,20,21). The van der Waals surface area contributed by atoms with Gasteiger partial charge in [0.25, 0.3) is 5.91 Å². The van der Waals surface area contributed by atoms with Crippen molar-refractivity contribution in [1.82, 2.24) is 4.90 Å². The summed E-state index contributed by atoms with van der Waals surface area (Å²) in [5.74, 6) is -1.74. The van der Waals surface area contributed by atoms with E-state index in [4.69, 9.17) is 12.2 Å². The van der Waals surface area contributed by atoms with Gasteiger partial charge in [-0.25, -0.2) is 9.18 Å². The van der Waals surface area contributed by atoms with E-state index < -0.39 is 17.9 Å². The second kappa shape index (κ2) is 7.23. The smallest absolute Gasteiger partial charge is 0.326 e. The fraction of sp³-hybridized carbons (Fsp3) is 0.312. The molecule has 1 aromatic carbocycles. The number of carbonyl (C=O) groups is 2. The lowest BCUT2D eigenvalue weighted by Crippen LogP contribution is -2.44. The van der Waals surface area contributed by atoms with Crippen LogP contribution in [0.5, 0.6) is 0 Å². The molecule has 1 heterocycles. The minimum atomic E-state index is -1.07. The molecule has 0 spiro atoms. The number of amides is 1. The molecule has 2 rings (SSSR count). The zero-order chi connectivity index (χ0) is 17.1. The lowest BCUT2D eigenvalue weighted by atomic mass is 10.0. The molecule has 0 saturated carbocycles. The summed E-state index contributed by atoms with van der Waals surface area (Å²) in [5.41, 5.74) is 0.655. The van der Waals surface area contributed by atoms with Gasteiger partial charge in [-0.1, -0.05) is 50.0 Å². The van der Waals surface area contributed by atoms with E-state index in [0.717, 1.165) is 16.7 Å². The zero-order valence-corrected chi connectivity index (χ0v) is 14.3. The molecule has 1 atom stereocenters. The van der Waals surface area contributed by atoms with E-state index in [1.807, 2.05) is 13.8 Å². The van der Waals surface area contributed by atoms with Crippen LogP contribution in [0.15, 0.2) is 29.2 Å². The number of nitrogens with zero attached hydrogens (tertiary/aromatic N) is 1. The van der Waals surface area contributed by atoms with Gasteiger partial charge in [0.1, 0.15) is 16.2 Å². The summed E-state index contributed by atoms with van der Waals surface area (Å²) in [6.45, 7) is 3.78. The van der Waals surface area contributed by atoms with Crippen LogP contribution in [0, 0.1) is 11.7 Å². The largest absolute Gasteiger partial charge is 0.480 e. The molecule has 1 saturated heterocycles. The number of rotatable bonds is 5. The van der Waals surface area contributed by atoms with Crippen LogP contribution >= 0.6 is 24.0 Å². The number of carboxylic acid groups (broad SMARTS) is 1. The van der Waals surface area contributed by atoms with Crippen LogP contribution < -0.4 is 0 Å². The van der Waals surface area contributed by atoms with Gasteiger partial charge in [0.15, 0.2) is 0 Å². The third kappa shape index (κ3) is 4.17. The number of hydrogen-bond acceptors (Lipinski definition) is 4. The Morgan fingerprint density at radius 2 is 2.00 bits per heavy atom. The molecule has 4 nitrogen and oxygen atoms in total. The molecule has 1 fully saturated rings. The number of hydrogen-bond donors (Lipinski definition) is 1. The topological polar surface area (TPSA) is 57.6 Å². The molecular formula is C16H16FNO3S2. The highest BCUT2D eigenvalue weighted by Gasteiger charge is 2.40. The van der Waals surface area contributed by atoms with Crippen LogP contribution in [0.2, 0.25) is 0 Å². The fourth-order valence-electron chi connectivity index (χ4n) is 2.22. The first-order chi connectivity index (χ1) is 10.8. The predicted molar refractivity (Wildman–Crippen MR) is 92.3 cm³/mol. The summed E-state index contributed by atoms with van der Waals surface area (Å²) in [7, 11) is 0. The predicted octanol–water partition coefficient (Wildman–Crippen LogP) is 3.53. The average molecular weight is 353 g/mol.